The Kier molecular flexibility index (Phi) is 4.22. The van der Waals surface area contributed by atoms with Crippen molar-refractivity contribution in [2.75, 3.05) is 0 Å². The smallest absolute Gasteiger partial charge is 0.238 e. The van der Waals surface area contributed by atoms with Gasteiger partial charge in [-0.15, -0.1) is 22.9 Å². The van der Waals surface area contributed by atoms with E-state index < -0.39 is 5.38 Å². The van der Waals surface area contributed by atoms with Gasteiger partial charge in [0.15, 0.2) is 0 Å². The predicted octanol–water partition coefficient (Wildman–Crippen LogP) is 2.75. The molecule has 1 N–H and O–H groups in total. The van der Waals surface area contributed by atoms with Gasteiger partial charge in [0.05, 0.1) is 6.54 Å². The Bertz CT molecular complexity index is 300. The molecule has 1 atom stereocenters. The SMILES string of the molecule is CC(Cl)C(=O)NCc1cc(Br)cs1. The van der Waals surface area contributed by atoms with Gasteiger partial charge in [-0.3, -0.25) is 4.79 Å². The molecular weight excluding hydrogens is 274 g/mol. The highest BCUT2D eigenvalue weighted by molar-refractivity contribution is 9.10. The van der Waals surface area contributed by atoms with Gasteiger partial charge in [0.25, 0.3) is 0 Å². The summed E-state index contributed by atoms with van der Waals surface area (Å²) in [4.78, 5) is 12.2. The Balaban J connectivity index is 2.39. The number of halogens is 2. The minimum atomic E-state index is -0.469. The van der Waals surface area contributed by atoms with E-state index in [4.69, 9.17) is 11.6 Å². The molecule has 13 heavy (non-hydrogen) atoms. The number of alkyl halides is 1. The molecule has 0 saturated carbocycles. The number of amides is 1. The quantitative estimate of drug-likeness (QED) is 0.849. The molecule has 0 aliphatic rings. The minimum Gasteiger partial charge on any atom is -0.350 e. The van der Waals surface area contributed by atoms with Crippen LogP contribution < -0.4 is 5.32 Å². The molecule has 0 fully saturated rings. The van der Waals surface area contributed by atoms with Gasteiger partial charge in [-0.1, -0.05) is 0 Å². The van der Waals surface area contributed by atoms with E-state index in [0.717, 1.165) is 9.35 Å². The second-order valence-corrected chi connectivity index (χ2v) is 5.13. The minimum absolute atomic E-state index is 0.133. The van der Waals surface area contributed by atoms with Crippen molar-refractivity contribution in [2.24, 2.45) is 0 Å². The third-order valence-corrected chi connectivity index (χ3v) is 3.32. The van der Waals surface area contributed by atoms with Crippen molar-refractivity contribution in [3.63, 3.8) is 0 Å². The van der Waals surface area contributed by atoms with Crippen LogP contribution in [0.15, 0.2) is 15.9 Å². The van der Waals surface area contributed by atoms with E-state index in [-0.39, 0.29) is 5.91 Å². The second-order valence-electron chi connectivity index (χ2n) is 2.57. The summed E-state index contributed by atoms with van der Waals surface area (Å²) in [5, 5.41) is 4.24. The van der Waals surface area contributed by atoms with E-state index in [1.807, 2.05) is 11.4 Å². The Morgan fingerprint density at radius 3 is 3.00 bits per heavy atom. The molecule has 0 radical (unpaired) electrons. The fourth-order valence-corrected chi connectivity index (χ4v) is 2.23. The van der Waals surface area contributed by atoms with E-state index in [0.29, 0.717) is 6.54 Å². The van der Waals surface area contributed by atoms with Gasteiger partial charge < -0.3 is 5.32 Å². The van der Waals surface area contributed by atoms with Crippen molar-refractivity contribution < 1.29 is 4.79 Å². The van der Waals surface area contributed by atoms with Gasteiger partial charge in [-0.2, -0.15) is 0 Å². The average Bonchev–Trinajstić information content (AvgIpc) is 2.47. The molecule has 1 rings (SSSR count). The lowest BCUT2D eigenvalue weighted by atomic mass is 10.4. The molecule has 0 aliphatic heterocycles. The molecule has 0 aliphatic carbocycles. The summed E-state index contributed by atoms with van der Waals surface area (Å²) >= 11 is 10.5. The molecule has 1 heterocycles. The Hall–Kier alpha value is -0.0600. The summed E-state index contributed by atoms with van der Waals surface area (Å²) in [5.74, 6) is -0.133. The van der Waals surface area contributed by atoms with Crippen LogP contribution in [0.25, 0.3) is 0 Å². The third-order valence-electron chi connectivity index (χ3n) is 1.42. The standard InChI is InChI=1S/C8H9BrClNOS/c1-5(10)8(12)11-3-7-2-6(9)4-13-7/h2,4-5H,3H2,1H3,(H,11,12). The third kappa shape index (κ3) is 3.67. The maximum Gasteiger partial charge on any atom is 0.238 e. The summed E-state index contributed by atoms with van der Waals surface area (Å²) in [7, 11) is 0. The van der Waals surface area contributed by atoms with Crippen molar-refractivity contribution in [1.82, 2.24) is 5.32 Å². The molecule has 5 heteroatoms. The van der Waals surface area contributed by atoms with Crippen molar-refractivity contribution in [3.8, 4) is 0 Å². The molecule has 1 unspecified atom stereocenters. The van der Waals surface area contributed by atoms with Gasteiger partial charge in [0.2, 0.25) is 5.91 Å². The normalized spacial score (nSPS) is 12.5. The zero-order valence-electron chi connectivity index (χ0n) is 7.01. The highest BCUT2D eigenvalue weighted by atomic mass is 79.9. The zero-order chi connectivity index (χ0) is 9.84. The molecular formula is C8H9BrClNOS. The maximum absolute atomic E-state index is 11.1. The van der Waals surface area contributed by atoms with E-state index in [9.17, 15) is 4.79 Å². The first-order valence-electron chi connectivity index (χ1n) is 3.74. The van der Waals surface area contributed by atoms with Crippen LogP contribution >= 0.6 is 38.9 Å². The summed E-state index contributed by atoms with van der Waals surface area (Å²) < 4.78 is 1.04. The summed E-state index contributed by atoms with van der Waals surface area (Å²) in [5.41, 5.74) is 0. The number of thiophene rings is 1. The molecule has 72 valence electrons. The zero-order valence-corrected chi connectivity index (χ0v) is 10.2. The van der Waals surface area contributed by atoms with Gasteiger partial charge in [0.1, 0.15) is 5.38 Å². The van der Waals surface area contributed by atoms with Crippen LogP contribution in [0.4, 0.5) is 0 Å². The maximum atomic E-state index is 11.1. The van der Waals surface area contributed by atoms with Gasteiger partial charge in [-0.05, 0) is 28.9 Å². The van der Waals surface area contributed by atoms with Crippen LogP contribution in [0.3, 0.4) is 0 Å². The van der Waals surface area contributed by atoms with E-state index in [1.54, 1.807) is 18.3 Å². The highest BCUT2D eigenvalue weighted by Gasteiger charge is 2.08. The van der Waals surface area contributed by atoms with Gasteiger partial charge in [0, 0.05) is 14.7 Å². The second kappa shape index (κ2) is 4.98. The van der Waals surface area contributed by atoms with Crippen molar-refractivity contribution in [1.29, 1.82) is 0 Å². The largest absolute Gasteiger partial charge is 0.350 e. The van der Waals surface area contributed by atoms with Crippen LogP contribution in [-0.2, 0) is 11.3 Å². The van der Waals surface area contributed by atoms with E-state index in [2.05, 4.69) is 21.2 Å². The number of carbonyl (C=O) groups excluding carboxylic acids is 1. The number of nitrogens with one attached hydrogen (secondary N) is 1. The van der Waals surface area contributed by atoms with Crippen LogP contribution in [0.1, 0.15) is 11.8 Å². The molecule has 2 nitrogen and oxygen atoms in total. The van der Waals surface area contributed by atoms with Crippen LogP contribution in [0.2, 0.25) is 0 Å². The molecule has 0 bridgehead atoms. The fourth-order valence-electron chi connectivity index (χ4n) is 0.761. The highest BCUT2D eigenvalue weighted by Crippen LogP contribution is 2.19. The average molecular weight is 283 g/mol. The first-order chi connectivity index (χ1) is 6.09. The van der Waals surface area contributed by atoms with Gasteiger partial charge in [-0.25, -0.2) is 0 Å². The van der Waals surface area contributed by atoms with E-state index >= 15 is 0 Å². The number of carbonyl (C=O) groups is 1. The van der Waals surface area contributed by atoms with Crippen LogP contribution in [0.5, 0.6) is 0 Å². The molecule has 0 aromatic carbocycles. The lowest BCUT2D eigenvalue weighted by molar-refractivity contribution is -0.120. The summed E-state index contributed by atoms with van der Waals surface area (Å²) in [6, 6.07) is 1.98. The number of hydrogen-bond donors (Lipinski definition) is 1. The van der Waals surface area contributed by atoms with Crippen molar-refractivity contribution in [3.05, 3.63) is 20.8 Å². The first-order valence-corrected chi connectivity index (χ1v) is 5.85. The van der Waals surface area contributed by atoms with Crippen LogP contribution in [0, 0.1) is 0 Å². The molecule has 0 spiro atoms. The Labute approximate surface area is 94.4 Å². The van der Waals surface area contributed by atoms with E-state index in [1.165, 1.54) is 0 Å². The molecule has 1 aromatic heterocycles. The predicted molar refractivity (Wildman–Crippen MR) is 59.2 cm³/mol. The lowest BCUT2D eigenvalue weighted by Crippen LogP contribution is -2.28. The van der Waals surface area contributed by atoms with Crippen molar-refractivity contribution >= 4 is 44.8 Å². The Morgan fingerprint density at radius 1 is 1.85 bits per heavy atom. The molecule has 1 amide bonds. The first kappa shape index (κ1) is 11.0. The lowest BCUT2D eigenvalue weighted by Gasteiger charge is -2.03. The summed E-state index contributed by atoms with van der Waals surface area (Å²) in [6.07, 6.45) is 0. The fraction of sp³-hybridized carbons (Fsp3) is 0.375. The monoisotopic (exact) mass is 281 g/mol. The molecule has 0 saturated heterocycles. The van der Waals surface area contributed by atoms with Gasteiger partial charge >= 0.3 is 0 Å². The van der Waals surface area contributed by atoms with Crippen LogP contribution in [-0.4, -0.2) is 11.3 Å². The Morgan fingerprint density at radius 2 is 2.54 bits per heavy atom. The molecule has 1 aromatic rings. The topological polar surface area (TPSA) is 29.1 Å². The number of rotatable bonds is 3. The number of hydrogen-bond acceptors (Lipinski definition) is 2. The van der Waals surface area contributed by atoms with Crippen molar-refractivity contribution in [2.45, 2.75) is 18.8 Å². The summed E-state index contributed by atoms with van der Waals surface area (Å²) in [6.45, 7) is 2.20.